The van der Waals surface area contributed by atoms with Crippen molar-refractivity contribution in [2.75, 3.05) is 5.75 Å². The van der Waals surface area contributed by atoms with Gasteiger partial charge in [-0.3, -0.25) is 0 Å². The van der Waals surface area contributed by atoms with Crippen molar-refractivity contribution >= 4 is 11.8 Å². The van der Waals surface area contributed by atoms with Crippen molar-refractivity contribution in [1.82, 2.24) is 0 Å². The average Bonchev–Trinajstić information content (AvgIpc) is 2.14. The summed E-state index contributed by atoms with van der Waals surface area (Å²) in [5, 5.41) is 8.62. The third kappa shape index (κ3) is 1.11. The predicted molar refractivity (Wildman–Crippen MR) is 28.9 cm³/mol. The van der Waals surface area contributed by atoms with Crippen LogP contribution in [0.15, 0.2) is 11.2 Å². The molecule has 0 aromatic rings. The smallest absolute Gasteiger partial charge is 0.194 e. The molecule has 0 bridgehead atoms. The van der Waals surface area contributed by atoms with Crippen molar-refractivity contribution in [1.29, 1.82) is 0 Å². The van der Waals surface area contributed by atoms with Crippen molar-refractivity contribution in [3.8, 4) is 0 Å². The highest BCUT2D eigenvalue weighted by molar-refractivity contribution is 8.03. The van der Waals surface area contributed by atoms with E-state index in [1.165, 1.54) is 11.8 Å². The molecule has 1 aliphatic rings. The number of hydrogen-bond acceptors (Lipinski definition) is 3. The van der Waals surface area contributed by atoms with E-state index < -0.39 is 0 Å². The Morgan fingerprint density at radius 1 is 1.86 bits per heavy atom. The molecule has 0 fully saturated rings. The normalized spacial score (nSPS) is 19.3. The van der Waals surface area contributed by atoms with Crippen LogP contribution in [-0.2, 0) is 4.89 Å². The summed E-state index contributed by atoms with van der Waals surface area (Å²) in [6.45, 7) is 0. The van der Waals surface area contributed by atoms with Crippen LogP contribution >= 0.6 is 11.8 Å². The molecule has 0 saturated heterocycles. The summed E-state index contributed by atoms with van der Waals surface area (Å²) in [6.07, 6.45) is 2.88. The lowest BCUT2D eigenvalue weighted by Gasteiger charge is -1.89. The summed E-state index contributed by atoms with van der Waals surface area (Å²) in [5.41, 5.74) is 0. The van der Waals surface area contributed by atoms with Gasteiger partial charge in [-0.15, -0.1) is 0 Å². The average molecular weight is 118 g/mol. The van der Waals surface area contributed by atoms with Gasteiger partial charge in [-0.25, -0.2) is 5.26 Å². The molecule has 1 rings (SSSR count). The second kappa shape index (κ2) is 2.23. The van der Waals surface area contributed by atoms with Gasteiger partial charge in [-0.2, -0.15) is 0 Å². The van der Waals surface area contributed by atoms with Gasteiger partial charge in [0.05, 0.1) is 0 Å². The van der Waals surface area contributed by atoms with Gasteiger partial charge in [0.25, 0.3) is 0 Å². The summed E-state index contributed by atoms with van der Waals surface area (Å²) < 4.78 is 0. The molecule has 0 unspecified atom stereocenters. The van der Waals surface area contributed by atoms with Gasteiger partial charge in [-0.05, 0) is 12.5 Å². The molecule has 0 aliphatic carbocycles. The molecule has 0 atom stereocenters. The van der Waals surface area contributed by atoms with Crippen molar-refractivity contribution in [3.63, 3.8) is 0 Å². The summed E-state index contributed by atoms with van der Waals surface area (Å²) >= 11 is 1.53. The molecule has 1 heterocycles. The fourth-order valence-corrected chi connectivity index (χ4v) is 1.18. The van der Waals surface area contributed by atoms with Crippen LogP contribution in [0.1, 0.15) is 6.42 Å². The predicted octanol–water partition coefficient (Wildman–Crippen LogP) is 1.45. The second-order valence-corrected chi connectivity index (χ2v) is 2.35. The van der Waals surface area contributed by atoms with Crippen LogP contribution in [0.3, 0.4) is 0 Å². The molecule has 7 heavy (non-hydrogen) atoms. The first-order valence-corrected chi connectivity index (χ1v) is 3.06. The molecule has 0 aromatic heterocycles. The molecular formula is C4H6O2S. The zero-order valence-corrected chi connectivity index (χ0v) is 4.57. The lowest BCUT2D eigenvalue weighted by molar-refractivity contribution is -0.191. The zero-order chi connectivity index (χ0) is 5.11. The Bertz CT molecular complexity index is 89.7. The SMILES string of the molecule is OOC1=CCCS1. The van der Waals surface area contributed by atoms with Crippen LogP contribution in [0.5, 0.6) is 0 Å². The maximum absolute atomic E-state index is 7.98. The molecule has 2 nitrogen and oxygen atoms in total. The first kappa shape index (κ1) is 5.00. The Balaban J connectivity index is 2.36. The molecule has 0 amide bonds. The topological polar surface area (TPSA) is 29.5 Å². The van der Waals surface area contributed by atoms with E-state index in [-0.39, 0.29) is 0 Å². The molecule has 40 valence electrons. The van der Waals surface area contributed by atoms with Crippen LogP contribution < -0.4 is 0 Å². The zero-order valence-electron chi connectivity index (χ0n) is 3.76. The minimum atomic E-state index is 0.639. The Hall–Kier alpha value is -0.150. The van der Waals surface area contributed by atoms with Gasteiger partial charge < -0.3 is 4.89 Å². The third-order valence-corrected chi connectivity index (χ3v) is 1.73. The molecule has 1 N–H and O–H groups in total. The quantitative estimate of drug-likeness (QED) is 0.417. The van der Waals surface area contributed by atoms with Crippen LogP contribution in [0.2, 0.25) is 0 Å². The maximum Gasteiger partial charge on any atom is 0.194 e. The van der Waals surface area contributed by atoms with E-state index in [1.54, 1.807) is 0 Å². The van der Waals surface area contributed by atoms with E-state index in [9.17, 15) is 0 Å². The fraction of sp³-hybridized carbons (Fsp3) is 0.500. The van der Waals surface area contributed by atoms with E-state index in [4.69, 9.17) is 5.26 Å². The van der Waals surface area contributed by atoms with Crippen LogP contribution in [-0.4, -0.2) is 11.0 Å². The van der Waals surface area contributed by atoms with Crippen molar-refractivity contribution < 1.29 is 10.1 Å². The lowest BCUT2D eigenvalue weighted by atomic mass is 10.5. The first-order chi connectivity index (χ1) is 3.43. The van der Waals surface area contributed by atoms with Crippen LogP contribution in [0, 0.1) is 0 Å². The molecule has 0 radical (unpaired) electrons. The van der Waals surface area contributed by atoms with Crippen molar-refractivity contribution in [3.05, 3.63) is 11.2 Å². The summed E-state index contributed by atoms with van der Waals surface area (Å²) in [7, 11) is 0. The van der Waals surface area contributed by atoms with Gasteiger partial charge in [0.15, 0.2) is 5.09 Å². The Morgan fingerprint density at radius 3 is 3.00 bits per heavy atom. The largest absolute Gasteiger partial charge is 0.333 e. The van der Waals surface area contributed by atoms with Gasteiger partial charge in [0.1, 0.15) is 0 Å². The Kier molecular flexibility index (Phi) is 1.59. The first-order valence-electron chi connectivity index (χ1n) is 2.08. The van der Waals surface area contributed by atoms with E-state index in [1.807, 2.05) is 6.08 Å². The van der Waals surface area contributed by atoms with Gasteiger partial charge in [0, 0.05) is 5.75 Å². The molecule has 0 spiro atoms. The molecule has 0 saturated carbocycles. The summed E-state index contributed by atoms with van der Waals surface area (Å²) in [4.78, 5) is 3.94. The monoisotopic (exact) mass is 118 g/mol. The highest BCUT2D eigenvalue weighted by atomic mass is 32.2. The number of thioether (sulfide) groups is 1. The maximum atomic E-state index is 7.98. The molecule has 3 heteroatoms. The van der Waals surface area contributed by atoms with Crippen molar-refractivity contribution in [2.24, 2.45) is 0 Å². The second-order valence-electron chi connectivity index (χ2n) is 1.25. The van der Waals surface area contributed by atoms with Gasteiger partial charge >= 0.3 is 0 Å². The van der Waals surface area contributed by atoms with Crippen molar-refractivity contribution in [2.45, 2.75) is 6.42 Å². The number of allylic oxidation sites excluding steroid dienone is 1. The Morgan fingerprint density at radius 2 is 2.71 bits per heavy atom. The van der Waals surface area contributed by atoms with Crippen LogP contribution in [0.25, 0.3) is 0 Å². The highest BCUT2D eigenvalue weighted by Gasteiger charge is 2.03. The highest BCUT2D eigenvalue weighted by Crippen LogP contribution is 2.23. The molecule has 1 aliphatic heterocycles. The number of rotatable bonds is 1. The van der Waals surface area contributed by atoms with E-state index in [0.29, 0.717) is 5.09 Å². The van der Waals surface area contributed by atoms with E-state index in [2.05, 4.69) is 4.89 Å². The summed E-state index contributed by atoms with van der Waals surface area (Å²) in [6, 6.07) is 0. The summed E-state index contributed by atoms with van der Waals surface area (Å²) in [5.74, 6) is 1.04. The van der Waals surface area contributed by atoms with Crippen LogP contribution in [0.4, 0.5) is 0 Å². The van der Waals surface area contributed by atoms with E-state index in [0.717, 1.165) is 12.2 Å². The minimum Gasteiger partial charge on any atom is -0.333 e. The van der Waals surface area contributed by atoms with E-state index >= 15 is 0 Å². The lowest BCUT2D eigenvalue weighted by Crippen LogP contribution is -1.73. The third-order valence-electron chi connectivity index (χ3n) is 0.763. The molecule has 0 aromatic carbocycles. The fourth-order valence-electron chi connectivity index (χ4n) is 0.459. The van der Waals surface area contributed by atoms with Gasteiger partial charge in [-0.1, -0.05) is 11.8 Å². The van der Waals surface area contributed by atoms with Gasteiger partial charge in [0.2, 0.25) is 0 Å². The number of hydrogen-bond donors (Lipinski definition) is 1. The standard InChI is InChI=1S/C4H6O2S/c5-6-4-2-1-3-7-4/h2,5H,1,3H2. The minimum absolute atomic E-state index is 0.639. The molecular weight excluding hydrogens is 112 g/mol. The Labute approximate surface area is 46.1 Å².